The lowest BCUT2D eigenvalue weighted by Crippen LogP contribution is -2.52. The molecule has 2 aliphatic rings. The van der Waals surface area contributed by atoms with Crippen LogP contribution < -0.4 is 0 Å². The number of likely N-dealkylation sites (N-methyl/N-ethyl adjacent to an activating group) is 1. The van der Waals surface area contributed by atoms with E-state index < -0.39 is 9.84 Å². The molecule has 0 spiro atoms. The second-order valence-corrected chi connectivity index (χ2v) is 9.98. The van der Waals surface area contributed by atoms with Crippen molar-refractivity contribution in [1.29, 1.82) is 0 Å². The second kappa shape index (κ2) is 8.80. The summed E-state index contributed by atoms with van der Waals surface area (Å²) in [5, 5.41) is 0.531. The summed E-state index contributed by atoms with van der Waals surface area (Å²) in [6, 6.07) is 6.69. The minimum Gasteiger partial charge on any atom is -0.338 e. The summed E-state index contributed by atoms with van der Waals surface area (Å²) in [6.07, 6.45) is 0.518. The molecule has 0 aliphatic carbocycles. The van der Waals surface area contributed by atoms with Gasteiger partial charge in [-0.15, -0.1) is 0 Å². The first-order valence-corrected chi connectivity index (χ1v) is 11.8. The van der Waals surface area contributed by atoms with Gasteiger partial charge in [0, 0.05) is 49.4 Å². The Morgan fingerprint density at radius 3 is 2.50 bits per heavy atom. The van der Waals surface area contributed by atoms with E-state index in [9.17, 15) is 18.0 Å². The number of piperazine rings is 1. The molecule has 1 unspecified atom stereocenters. The van der Waals surface area contributed by atoms with Crippen LogP contribution in [0.4, 0.5) is 0 Å². The average Bonchev–Trinajstić information content (AvgIpc) is 3.02. The van der Waals surface area contributed by atoms with Crippen LogP contribution in [0.1, 0.15) is 23.7 Å². The normalized spacial score (nSPS) is 22.2. The van der Waals surface area contributed by atoms with Crippen molar-refractivity contribution in [3.8, 4) is 0 Å². The van der Waals surface area contributed by atoms with Gasteiger partial charge in [0.05, 0.1) is 18.1 Å². The van der Waals surface area contributed by atoms with E-state index in [-0.39, 0.29) is 35.9 Å². The van der Waals surface area contributed by atoms with Crippen molar-refractivity contribution in [2.24, 2.45) is 0 Å². The van der Waals surface area contributed by atoms with Gasteiger partial charge in [0.25, 0.3) is 5.91 Å². The fraction of sp³-hybridized carbons (Fsp3) is 0.579. The van der Waals surface area contributed by atoms with Crippen LogP contribution in [0.5, 0.6) is 0 Å². The van der Waals surface area contributed by atoms with E-state index in [1.807, 2.05) is 11.8 Å². The summed E-state index contributed by atoms with van der Waals surface area (Å²) < 4.78 is 23.4. The quantitative estimate of drug-likeness (QED) is 0.704. The number of hydrogen-bond donors (Lipinski definition) is 0. The van der Waals surface area contributed by atoms with Gasteiger partial charge in [0.1, 0.15) is 0 Å². The van der Waals surface area contributed by atoms with E-state index in [2.05, 4.69) is 0 Å². The molecule has 9 heteroatoms. The number of amides is 2. The number of rotatable bonds is 5. The highest BCUT2D eigenvalue weighted by molar-refractivity contribution is 7.91. The third-order valence-electron chi connectivity index (χ3n) is 5.40. The first-order chi connectivity index (χ1) is 13.3. The second-order valence-electron chi connectivity index (χ2n) is 7.32. The number of nitrogens with zero attached hydrogens (tertiary/aromatic N) is 3. The molecule has 2 saturated heterocycles. The standard InChI is InChI=1S/C19H26ClN3O4S/c1-2-23(17-6-11-28(26,27)14-17)18(24)13-21-7-9-22(10-8-21)19(25)15-4-3-5-16(20)12-15/h3-5,12,17H,2,6-11,13-14H2,1H3. The Balaban J connectivity index is 1.52. The molecule has 2 amide bonds. The van der Waals surface area contributed by atoms with Crippen molar-refractivity contribution in [2.45, 2.75) is 19.4 Å². The van der Waals surface area contributed by atoms with Crippen LogP contribution in [0.2, 0.25) is 5.02 Å². The maximum Gasteiger partial charge on any atom is 0.253 e. The van der Waals surface area contributed by atoms with Gasteiger partial charge in [-0.1, -0.05) is 17.7 Å². The summed E-state index contributed by atoms with van der Waals surface area (Å²) in [5.74, 6) is 0.124. The zero-order chi connectivity index (χ0) is 20.3. The molecular weight excluding hydrogens is 402 g/mol. The lowest BCUT2D eigenvalue weighted by Gasteiger charge is -2.36. The van der Waals surface area contributed by atoms with Crippen LogP contribution in [0.25, 0.3) is 0 Å². The van der Waals surface area contributed by atoms with Crippen LogP contribution in [0, 0.1) is 0 Å². The van der Waals surface area contributed by atoms with Gasteiger partial charge in [-0.3, -0.25) is 14.5 Å². The number of carbonyl (C=O) groups excluding carboxylic acids is 2. The van der Waals surface area contributed by atoms with Gasteiger partial charge in [-0.05, 0) is 31.5 Å². The molecule has 0 radical (unpaired) electrons. The molecule has 7 nitrogen and oxygen atoms in total. The fourth-order valence-corrected chi connectivity index (χ4v) is 5.78. The molecule has 1 atom stereocenters. The fourth-order valence-electron chi connectivity index (χ4n) is 3.85. The number of benzene rings is 1. The summed E-state index contributed by atoms with van der Waals surface area (Å²) in [6.45, 7) is 4.95. The molecule has 0 N–H and O–H groups in total. The topological polar surface area (TPSA) is 78.0 Å². The SMILES string of the molecule is CCN(C(=O)CN1CCN(C(=O)c2cccc(Cl)c2)CC1)C1CCS(=O)(=O)C1. The summed E-state index contributed by atoms with van der Waals surface area (Å²) in [5.41, 5.74) is 0.566. The van der Waals surface area contributed by atoms with Gasteiger partial charge in [-0.25, -0.2) is 8.42 Å². The Morgan fingerprint density at radius 1 is 1.21 bits per heavy atom. The first kappa shape index (κ1) is 21.1. The molecular formula is C19H26ClN3O4S. The van der Waals surface area contributed by atoms with Gasteiger partial charge in [0.15, 0.2) is 9.84 Å². The van der Waals surface area contributed by atoms with E-state index in [0.717, 1.165) is 0 Å². The molecule has 1 aromatic rings. The molecule has 3 rings (SSSR count). The van der Waals surface area contributed by atoms with Crippen molar-refractivity contribution in [3.05, 3.63) is 34.9 Å². The average molecular weight is 428 g/mol. The van der Waals surface area contributed by atoms with Crippen molar-refractivity contribution < 1.29 is 18.0 Å². The third kappa shape index (κ3) is 5.04. The molecule has 0 bridgehead atoms. The monoisotopic (exact) mass is 427 g/mol. The molecule has 2 heterocycles. The first-order valence-electron chi connectivity index (χ1n) is 9.56. The lowest BCUT2D eigenvalue weighted by atomic mass is 10.1. The highest BCUT2D eigenvalue weighted by Gasteiger charge is 2.34. The number of hydrogen-bond acceptors (Lipinski definition) is 5. The van der Waals surface area contributed by atoms with E-state index in [1.165, 1.54) is 0 Å². The smallest absolute Gasteiger partial charge is 0.253 e. The lowest BCUT2D eigenvalue weighted by molar-refractivity contribution is -0.134. The largest absolute Gasteiger partial charge is 0.338 e. The number of halogens is 1. The zero-order valence-electron chi connectivity index (χ0n) is 16.0. The van der Waals surface area contributed by atoms with Crippen LogP contribution in [0.15, 0.2) is 24.3 Å². The molecule has 1 aromatic carbocycles. The maximum absolute atomic E-state index is 12.7. The Hall–Kier alpha value is -1.64. The van der Waals surface area contributed by atoms with E-state index in [1.54, 1.807) is 34.1 Å². The van der Waals surface area contributed by atoms with Gasteiger partial charge in [0.2, 0.25) is 5.91 Å². The summed E-state index contributed by atoms with van der Waals surface area (Å²) in [4.78, 5) is 30.8. The Kier molecular flexibility index (Phi) is 6.62. The Morgan fingerprint density at radius 2 is 1.93 bits per heavy atom. The van der Waals surface area contributed by atoms with Crippen molar-refractivity contribution in [1.82, 2.24) is 14.7 Å². The number of sulfone groups is 1. The van der Waals surface area contributed by atoms with Crippen molar-refractivity contribution in [3.63, 3.8) is 0 Å². The minimum absolute atomic E-state index is 0.0424. The van der Waals surface area contributed by atoms with Gasteiger partial charge in [-0.2, -0.15) is 0 Å². The van der Waals surface area contributed by atoms with E-state index in [0.29, 0.717) is 49.7 Å². The van der Waals surface area contributed by atoms with E-state index in [4.69, 9.17) is 11.6 Å². The molecule has 28 heavy (non-hydrogen) atoms. The maximum atomic E-state index is 12.7. The predicted molar refractivity (Wildman–Crippen MR) is 108 cm³/mol. The molecule has 154 valence electrons. The van der Waals surface area contributed by atoms with Crippen molar-refractivity contribution >= 4 is 33.3 Å². The molecule has 0 saturated carbocycles. The predicted octanol–water partition coefficient (Wildman–Crippen LogP) is 1.13. The highest BCUT2D eigenvalue weighted by atomic mass is 35.5. The summed E-state index contributed by atoms with van der Waals surface area (Å²) in [7, 11) is -3.02. The van der Waals surface area contributed by atoms with Crippen molar-refractivity contribution in [2.75, 3.05) is 50.8 Å². The third-order valence-corrected chi connectivity index (χ3v) is 7.39. The van der Waals surface area contributed by atoms with Crippen LogP contribution in [-0.4, -0.2) is 91.7 Å². The van der Waals surface area contributed by atoms with E-state index >= 15 is 0 Å². The summed E-state index contributed by atoms with van der Waals surface area (Å²) >= 11 is 5.96. The Bertz CT molecular complexity index is 837. The minimum atomic E-state index is -3.02. The number of carbonyl (C=O) groups is 2. The van der Waals surface area contributed by atoms with Crippen LogP contribution >= 0.6 is 11.6 Å². The molecule has 0 aromatic heterocycles. The Labute approximate surface area is 171 Å². The molecule has 2 aliphatic heterocycles. The molecule has 2 fully saturated rings. The van der Waals surface area contributed by atoms with Gasteiger partial charge < -0.3 is 9.80 Å². The zero-order valence-corrected chi connectivity index (χ0v) is 17.6. The highest BCUT2D eigenvalue weighted by Crippen LogP contribution is 2.18. The van der Waals surface area contributed by atoms with Crippen LogP contribution in [-0.2, 0) is 14.6 Å². The van der Waals surface area contributed by atoms with Crippen LogP contribution in [0.3, 0.4) is 0 Å². The van der Waals surface area contributed by atoms with Gasteiger partial charge >= 0.3 is 0 Å².